The van der Waals surface area contributed by atoms with E-state index in [0.29, 0.717) is 6.04 Å². The van der Waals surface area contributed by atoms with Crippen molar-refractivity contribution in [2.75, 3.05) is 18.5 Å². The van der Waals surface area contributed by atoms with Gasteiger partial charge in [-0.25, -0.2) is 14.8 Å². The smallest absolute Gasteiger partial charge is 0.315 e. The summed E-state index contributed by atoms with van der Waals surface area (Å²) >= 11 is 0. The molecule has 3 rings (SSSR count). The Morgan fingerprint density at radius 1 is 1.42 bits per heavy atom. The van der Waals surface area contributed by atoms with Gasteiger partial charge in [-0.2, -0.15) is 5.26 Å². The van der Waals surface area contributed by atoms with E-state index in [-0.39, 0.29) is 18.6 Å². The minimum absolute atomic E-state index is 0.0320. The van der Waals surface area contributed by atoms with Crippen LogP contribution < -0.4 is 15.5 Å². The van der Waals surface area contributed by atoms with Crippen LogP contribution in [0.4, 0.5) is 10.6 Å². The summed E-state index contributed by atoms with van der Waals surface area (Å²) in [6.45, 7) is 0.0320. The van der Waals surface area contributed by atoms with Crippen molar-refractivity contribution in [1.29, 1.82) is 5.26 Å². The molecule has 2 amide bonds. The summed E-state index contributed by atoms with van der Waals surface area (Å²) in [4.78, 5) is 25.6. The van der Waals surface area contributed by atoms with Gasteiger partial charge in [-0.15, -0.1) is 0 Å². The fourth-order valence-corrected chi connectivity index (χ4v) is 3.28. The Kier molecular flexibility index (Phi) is 4.79. The molecule has 0 bridgehead atoms. The number of nitrogens with zero attached hydrogens (tertiary/aromatic N) is 4. The zero-order valence-corrected chi connectivity index (χ0v) is 13.6. The lowest BCUT2D eigenvalue weighted by Gasteiger charge is -2.35. The summed E-state index contributed by atoms with van der Waals surface area (Å²) in [5, 5.41) is 14.9. The predicted molar refractivity (Wildman–Crippen MR) is 90.5 cm³/mol. The number of amides is 2. The van der Waals surface area contributed by atoms with Crippen LogP contribution in [0.2, 0.25) is 0 Å². The number of aromatic nitrogens is 3. The molecule has 24 heavy (non-hydrogen) atoms. The third-order valence-corrected chi connectivity index (χ3v) is 4.57. The molecule has 0 aliphatic heterocycles. The predicted octanol–water partition coefficient (Wildman–Crippen LogP) is 1.53. The van der Waals surface area contributed by atoms with E-state index in [4.69, 9.17) is 5.26 Å². The first-order valence-electron chi connectivity index (χ1n) is 8.11. The van der Waals surface area contributed by atoms with Gasteiger partial charge in [0.2, 0.25) is 0 Å². The highest BCUT2D eigenvalue weighted by atomic mass is 16.2. The van der Waals surface area contributed by atoms with Gasteiger partial charge in [-0.05, 0) is 31.7 Å². The number of hydrogen-bond acceptors (Lipinski definition) is 5. The van der Waals surface area contributed by atoms with Crippen LogP contribution in [0.1, 0.15) is 25.7 Å². The Morgan fingerprint density at radius 3 is 2.96 bits per heavy atom. The molecule has 2 aromatic rings. The summed E-state index contributed by atoms with van der Waals surface area (Å²) in [7, 11) is 2.06. The van der Waals surface area contributed by atoms with E-state index in [1.807, 2.05) is 18.3 Å². The maximum absolute atomic E-state index is 11.6. The number of hydrogen-bond donors (Lipinski definition) is 3. The Balaban J connectivity index is 1.57. The van der Waals surface area contributed by atoms with Crippen molar-refractivity contribution >= 4 is 22.9 Å². The Bertz CT molecular complexity index is 742. The van der Waals surface area contributed by atoms with Crippen molar-refractivity contribution < 1.29 is 4.79 Å². The second-order valence-corrected chi connectivity index (χ2v) is 6.04. The molecule has 0 spiro atoms. The monoisotopic (exact) mass is 327 g/mol. The van der Waals surface area contributed by atoms with E-state index < -0.39 is 0 Å². The summed E-state index contributed by atoms with van der Waals surface area (Å²) in [6.07, 6.45) is 7.24. The topological polar surface area (TPSA) is 110 Å². The molecule has 1 fully saturated rings. The van der Waals surface area contributed by atoms with Crippen LogP contribution in [-0.4, -0.2) is 46.7 Å². The normalized spacial score (nSPS) is 20.3. The van der Waals surface area contributed by atoms with E-state index in [1.54, 1.807) is 6.33 Å². The van der Waals surface area contributed by atoms with E-state index in [2.05, 4.69) is 37.5 Å². The molecule has 8 nitrogen and oxygen atoms in total. The zero-order valence-electron chi connectivity index (χ0n) is 13.6. The third kappa shape index (κ3) is 3.40. The molecule has 0 unspecified atom stereocenters. The molecule has 0 atom stereocenters. The first-order valence-corrected chi connectivity index (χ1v) is 8.11. The van der Waals surface area contributed by atoms with Gasteiger partial charge >= 0.3 is 6.03 Å². The Labute approximate surface area is 140 Å². The number of nitriles is 1. The van der Waals surface area contributed by atoms with Crippen LogP contribution in [0.15, 0.2) is 18.6 Å². The minimum Gasteiger partial charge on any atom is -0.356 e. The second kappa shape index (κ2) is 7.17. The first-order chi connectivity index (χ1) is 11.7. The van der Waals surface area contributed by atoms with Crippen LogP contribution in [0.25, 0.3) is 11.0 Å². The molecule has 1 aliphatic rings. The van der Waals surface area contributed by atoms with Crippen LogP contribution in [0, 0.1) is 11.3 Å². The number of nitrogens with one attached hydrogen (secondary N) is 3. The lowest BCUT2D eigenvalue weighted by atomic mass is 9.90. The van der Waals surface area contributed by atoms with E-state index in [9.17, 15) is 4.79 Å². The van der Waals surface area contributed by atoms with Gasteiger partial charge in [0.05, 0.1) is 11.5 Å². The Morgan fingerprint density at radius 2 is 2.21 bits per heavy atom. The highest BCUT2D eigenvalue weighted by molar-refractivity contribution is 5.87. The molecule has 8 heteroatoms. The molecule has 1 aliphatic carbocycles. The zero-order chi connectivity index (χ0) is 16.9. The fraction of sp³-hybridized carbons (Fsp3) is 0.500. The molecule has 126 valence electrons. The SMILES string of the molecule is CN(c1ncnc2[nH]ccc12)[C@H]1CC[C@H](NC(=O)NCC#N)CC1. The van der Waals surface area contributed by atoms with Crippen molar-refractivity contribution in [3.8, 4) is 6.07 Å². The van der Waals surface area contributed by atoms with Gasteiger partial charge in [-0.1, -0.05) is 0 Å². The van der Waals surface area contributed by atoms with Gasteiger partial charge in [0, 0.05) is 25.3 Å². The second-order valence-electron chi connectivity index (χ2n) is 6.04. The van der Waals surface area contributed by atoms with Crippen molar-refractivity contribution in [2.24, 2.45) is 0 Å². The molecule has 0 radical (unpaired) electrons. The van der Waals surface area contributed by atoms with Crippen molar-refractivity contribution in [2.45, 2.75) is 37.8 Å². The molecule has 2 heterocycles. The molecule has 3 N–H and O–H groups in total. The minimum atomic E-state index is -0.266. The number of carbonyl (C=O) groups is 1. The molecule has 0 saturated heterocycles. The largest absolute Gasteiger partial charge is 0.356 e. The summed E-state index contributed by atoms with van der Waals surface area (Å²) in [6, 6.07) is 4.17. The fourth-order valence-electron chi connectivity index (χ4n) is 3.28. The number of aromatic amines is 1. The molecular weight excluding hydrogens is 306 g/mol. The highest BCUT2D eigenvalue weighted by Crippen LogP contribution is 2.28. The maximum atomic E-state index is 11.6. The van der Waals surface area contributed by atoms with Gasteiger partial charge < -0.3 is 20.5 Å². The van der Waals surface area contributed by atoms with E-state index in [1.165, 1.54) is 0 Å². The Hall–Kier alpha value is -2.82. The van der Waals surface area contributed by atoms with Gasteiger partial charge in [0.25, 0.3) is 0 Å². The van der Waals surface area contributed by atoms with E-state index in [0.717, 1.165) is 42.5 Å². The van der Waals surface area contributed by atoms with Crippen LogP contribution in [0.5, 0.6) is 0 Å². The van der Waals surface area contributed by atoms with Crippen molar-refractivity contribution in [1.82, 2.24) is 25.6 Å². The molecular formula is C16H21N7O. The first kappa shape index (κ1) is 16.1. The number of fused-ring (bicyclic) bond motifs is 1. The standard InChI is InChI=1S/C16H21N7O/c1-23(15-13-6-8-18-14(13)20-10-21-15)12-4-2-11(3-5-12)22-16(24)19-9-7-17/h6,8,10-12H,2-5,9H2,1H3,(H,18,20,21)(H2,19,22,24)/t11-,12-. The van der Waals surface area contributed by atoms with Gasteiger partial charge in [-0.3, -0.25) is 0 Å². The molecule has 1 saturated carbocycles. The van der Waals surface area contributed by atoms with Crippen molar-refractivity contribution in [3.05, 3.63) is 18.6 Å². The summed E-state index contributed by atoms with van der Waals surface area (Å²) < 4.78 is 0. The highest BCUT2D eigenvalue weighted by Gasteiger charge is 2.26. The average Bonchev–Trinajstić information content (AvgIpc) is 3.08. The number of rotatable bonds is 4. The number of urea groups is 1. The van der Waals surface area contributed by atoms with Crippen LogP contribution in [-0.2, 0) is 0 Å². The lowest BCUT2D eigenvalue weighted by Crippen LogP contribution is -2.46. The maximum Gasteiger partial charge on any atom is 0.315 e. The molecule has 0 aromatic carbocycles. The number of H-pyrrole nitrogens is 1. The van der Waals surface area contributed by atoms with Crippen LogP contribution in [0.3, 0.4) is 0 Å². The number of carbonyl (C=O) groups excluding carboxylic acids is 1. The summed E-state index contributed by atoms with van der Waals surface area (Å²) in [5.41, 5.74) is 0.844. The molecule has 2 aromatic heterocycles. The number of anilines is 1. The lowest BCUT2D eigenvalue weighted by molar-refractivity contribution is 0.232. The van der Waals surface area contributed by atoms with Gasteiger partial charge in [0.1, 0.15) is 24.3 Å². The van der Waals surface area contributed by atoms with E-state index >= 15 is 0 Å². The summed E-state index contributed by atoms with van der Waals surface area (Å²) in [5.74, 6) is 0.935. The average molecular weight is 327 g/mol. The van der Waals surface area contributed by atoms with Crippen LogP contribution >= 0.6 is 0 Å². The quantitative estimate of drug-likeness (QED) is 0.738. The van der Waals surface area contributed by atoms with Crippen molar-refractivity contribution in [3.63, 3.8) is 0 Å². The van der Waals surface area contributed by atoms with Gasteiger partial charge in [0.15, 0.2) is 0 Å². The third-order valence-electron chi connectivity index (χ3n) is 4.57.